The summed E-state index contributed by atoms with van der Waals surface area (Å²) in [4.78, 5) is 23.7. The first-order valence-corrected chi connectivity index (χ1v) is 11.9. The zero-order valence-corrected chi connectivity index (χ0v) is 20.8. The Morgan fingerprint density at radius 2 is 1.97 bits per heavy atom. The second kappa shape index (κ2) is 11.0. The van der Waals surface area contributed by atoms with Crippen LogP contribution in [0.15, 0.2) is 48.7 Å². The van der Waals surface area contributed by atoms with Crippen molar-refractivity contribution in [3.05, 3.63) is 65.5 Å². The first-order valence-electron chi connectivity index (χ1n) is 11.9. The van der Waals surface area contributed by atoms with Gasteiger partial charge in [0.1, 0.15) is 18.1 Å². The molecule has 9 heteroatoms. The zero-order valence-electron chi connectivity index (χ0n) is 20.8. The van der Waals surface area contributed by atoms with E-state index in [1.165, 1.54) is 26.1 Å². The first kappa shape index (κ1) is 25.5. The lowest BCUT2D eigenvalue weighted by Crippen LogP contribution is -2.36. The molecule has 1 amide bonds. The topological polar surface area (TPSA) is 96.8 Å². The molecule has 2 N–H and O–H groups in total. The summed E-state index contributed by atoms with van der Waals surface area (Å²) in [5.41, 5.74) is 2.25. The standard InChI is InChI=1S/C27H31FN4O4/c1-18-4-5-21(30-26(34)19-6-7-29-23(14-19)27(2,3)28)17-22(18)20-15-24(32-8-11-35-12-9-32)31-25(16-20)36-13-10-33/h4-7,14-17,33H,8-13H2,1-3H3,(H,30,34). The molecule has 1 aliphatic heterocycles. The lowest BCUT2D eigenvalue weighted by molar-refractivity contribution is 0.102. The highest BCUT2D eigenvalue weighted by Crippen LogP contribution is 2.32. The minimum atomic E-state index is -1.65. The summed E-state index contributed by atoms with van der Waals surface area (Å²) >= 11 is 0. The minimum Gasteiger partial charge on any atom is -0.475 e. The number of morpholine rings is 1. The van der Waals surface area contributed by atoms with Crippen LogP contribution in [0.25, 0.3) is 11.1 Å². The van der Waals surface area contributed by atoms with Gasteiger partial charge in [0.05, 0.1) is 25.5 Å². The fourth-order valence-corrected chi connectivity index (χ4v) is 3.94. The Morgan fingerprint density at radius 1 is 1.19 bits per heavy atom. The van der Waals surface area contributed by atoms with Crippen molar-refractivity contribution < 1.29 is 23.8 Å². The summed E-state index contributed by atoms with van der Waals surface area (Å²) in [5, 5.41) is 12.1. The molecule has 3 heterocycles. The molecular weight excluding hydrogens is 463 g/mol. The van der Waals surface area contributed by atoms with Gasteiger partial charge in [-0.25, -0.2) is 4.39 Å². The van der Waals surface area contributed by atoms with E-state index in [-0.39, 0.29) is 24.8 Å². The molecule has 1 fully saturated rings. The third-order valence-corrected chi connectivity index (χ3v) is 5.90. The lowest BCUT2D eigenvalue weighted by Gasteiger charge is -2.28. The van der Waals surface area contributed by atoms with E-state index >= 15 is 0 Å². The van der Waals surface area contributed by atoms with Crippen LogP contribution in [0.4, 0.5) is 15.9 Å². The van der Waals surface area contributed by atoms with Crippen molar-refractivity contribution in [3.8, 4) is 17.0 Å². The summed E-state index contributed by atoms with van der Waals surface area (Å²) in [6.45, 7) is 7.49. The van der Waals surface area contributed by atoms with Gasteiger partial charge in [-0.05, 0) is 67.8 Å². The number of nitrogens with one attached hydrogen (secondary N) is 1. The normalized spacial score (nSPS) is 14.0. The summed E-state index contributed by atoms with van der Waals surface area (Å²) in [5.74, 6) is 0.819. The van der Waals surface area contributed by atoms with Crippen molar-refractivity contribution >= 4 is 17.4 Å². The molecule has 8 nitrogen and oxygen atoms in total. The van der Waals surface area contributed by atoms with E-state index in [0.29, 0.717) is 43.4 Å². The number of hydrogen-bond donors (Lipinski definition) is 2. The predicted molar refractivity (Wildman–Crippen MR) is 136 cm³/mol. The van der Waals surface area contributed by atoms with Crippen LogP contribution in [0.1, 0.15) is 35.5 Å². The Labute approximate surface area is 210 Å². The largest absolute Gasteiger partial charge is 0.475 e. The number of aryl methyl sites for hydroxylation is 1. The Kier molecular flexibility index (Phi) is 7.81. The number of anilines is 2. The van der Waals surface area contributed by atoms with Gasteiger partial charge < -0.3 is 24.8 Å². The van der Waals surface area contributed by atoms with Gasteiger partial charge >= 0.3 is 0 Å². The van der Waals surface area contributed by atoms with Gasteiger partial charge in [-0.2, -0.15) is 4.98 Å². The molecule has 2 aromatic heterocycles. The van der Waals surface area contributed by atoms with Gasteiger partial charge in [-0.15, -0.1) is 0 Å². The number of rotatable bonds is 8. The molecule has 0 atom stereocenters. The smallest absolute Gasteiger partial charge is 0.255 e. The van der Waals surface area contributed by atoms with Crippen LogP contribution in [0.3, 0.4) is 0 Å². The Hall–Kier alpha value is -3.56. The third-order valence-electron chi connectivity index (χ3n) is 5.90. The predicted octanol–water partition coefficient (Wildman–Crippen LogP) is 4.12. The number of aliphatic hydroxyl groups excluding tert-OH is 1. The molecule has 1 aromatic carbocycles. The van der Waals surface area contributed by atoms with Gasteiger partial charge in [0.15, 0.2) is 0 Å². The van der Waals surface area contributed by atoms with Crippen molar-refractivity contribution in [2.45, 2.75) is 26.4 Å². The van der Waals surface area contributed by atoms with E-state index in [4.69, 9.17) is 9.47 Å². The summed E-state index contributed by atoms with van der Waals surface area (Å²) in [6.07, 6.45) is 1.43. The van der Waals surface area contributed by atoms with Crippen LogP contribution >= 0.6 is 0 Å². The summed E-state index contributed by atoms with van der Waals surface area (Å²) < 4.78 is 25.4. The van der Waals surface area contributed by atoms with E-state index in [9.17, 15) is 14.3 Å². The second-order valence-corrected chi connectivity index (χ2v) is 9.11. The highest BCUT2D eigenvalue weighted by molar-refractivity contribution is 6.04. The Bertz CT molecular complexity index is 1220. The number of aromatic nitrogens is 2. The van der Waals surface area contributed by atoms with Crippen molar-refractivity contribution in [3.63, 3.8) is 0 Å². The molecule has 0 spiro atoms. The highest BCUT2D eigenvalue weighted by atomic mass is 19.1. The maximum Gasteiger partial charge on any atom is 0.255 e. The number of ether oxygens (including phenoxy) is 2. The second-order valence-electron chi connectivity index (χ2n) is 9.11. The summed E-state index contributed by atoms with van der Waals surface area (Å²) in [7, 11) is 0. The first-order chi connectivity index (χ1) is 17.2. The molecule has 36 heavy (non-hydrogen) atoms. The minimum absolute atomic E-state index is 0.115. The number of amides is 1. The zero-order chi connectivity index (χ0) is 25.7. The van der Waals surface area contributed by atoms with Gasteiger partial charge in [-0.3, -0.25) is 9.78 Å². The van der Waals surface area contributed by atoms with Gasteiger partial charge in [0.25, 0.3) is 5.91 Å². The molecule has 0 unspecified atom stereocenters. The van der Waals surface area contributed by atoms with Crippen molar-refractivity contribution in [2.75, 3.05) is 49.7 Å². The number of carbonyl (C=O) groups is 1. The average Bonchev–Trinajstić information content (AvgIpc) is 2.88. The van der Waals surface area contributed by atoms with E-state index in [2.05, 4.69) is 20.2 Å². The number of benzene rings is 1. The lowest BCUT2D eigenvalue weighted by atomic mass is 10.00. The number of carbonyl (C=O) groups excluding carboxylic acids is 1. The SMILES string of the molecule is Cc1ccc(NC(=O)c2ccnc(C(C)(C)F)c2)cc1-c1cc(OCCO)nc(N2CCOCC2)c1. The number of alkyl halides is 1. The van der Waals surface area contributed by atoms with Crippen LogP contribution in [-0.2, 0) is 10.4 Å². The van der Waals surface area contributed by atoms with E-state index in [1.807, 2.05) is 37.3 Å². The number of pyridine rings is 2. The quantitative estimate of drug-likeness (QED) is 0.486. The van der Waals surface area contributed by atoms with Crippen molar-refractivity contribution in [2.24, 2.45) is 0 Å². The molecule has 0 saturated carbocycles. The van der Waals surface area contributed by atoms with E-state index in [1.54, 1.807) is 6.07 Å². The van der Waals surface area contributed by atoms with Crippen molar-refractivity contribution in [1.82, 2.24) is 9.97 Å². The highest BCUT2D eigenvalue weighted by Gasteiger charge is 2.22. The van der Waals surface area contributed by atoms with Crippen LogP contribution < -0.4 is 15.0 Å². The monoisotopic (exact) mass is 494 g/mol. The van der Waals surface area contributed by atoms with E-state index < -0.39 is 5.67 Å². The number of aliphatic hydroxyl groups is 1. The number of hydrogen-bond acceptors (Lipinski definition) is 7. The number of halogens is 1. The maximum absolute atomic E-state index is 14.3. The fraction of sp³-hybridized carbons (Fsp3) is 0.370. The number of nitrogens with zero attached hydrogens (tertiary/aromatic N) is 3. The molecule has 0 aliphatic carbocycles. The summed E-state index contributed by atoms with van der Waals surface area (Å²) in [6, 6.07) is 12.5. The van der Waals surface area contributed by atoms with Gasteiger partial charge in [0, 0.05) is 36.6 Å². The van der Waals surface area contributed by atoms with Crippen molar-refractivity contribution in [1.29, 1.82) is 0 Å². The maximum atomic E-state index is 14.3. The molecule has 4 rings (SSSR count). The Morgan fingerprint density at radius 3 is 2.69 bits per heavy atom. The molecule has 1 saturated heterocycles. The van der Waals surface area contributed by atoms with Crippen LogP contribution in [0.5, 0.6) is 5.88 Å². The average molecular weight is 495 g/mol. The van der Waals surface area contributed by atoms with Crippen LogP contribution in [0, 0.1) is 6.92 Å². The van der Waals surface area contributed by atoms with Gasteiger partial charge in [0.2, 0.25) is 5.88 Å². The molecule has 3 aromatic rings. The van der Waals surface area contributed by atoms with Crippen LogP contribution in [0.2, 0.25) is 0 Å². The third kappa shape index (κ3) is 6.16. The molecule has 0 bridgehead atoms. The Balaban J connectivity index is 1.64. The van der Waals surface area contributed by atoms with Crippen LogP contribution in [-0.4, -0.2) is 60.5 Å². The fourth-order valence-electron chi connectivity index (χ4n) is 3.94. The van der Waals surface area contributed by atoms with E-state index in [0.717, 1.165) is 22.5 Å². The molecule has 0 radical (unpaired) electrons. The molecular formula is C27H31FN4O4. The molecule has 190 valence electrons. The molecule has 1 aliphatic rings. The van der Waals surface area contributed by atoms with Gasteiger partial charge in [-0.1, -0.05) is 6.07 Å².